The molecule has 0 aromatic carbocycles. The number of aromatic nitrogens is 2. The maximum atomic E-state index is 12.2. The zero-order valence-corrected chi connectivity index (χ0v) is 12.9. The average molecular weight is 282 g/mol. The number of nitrogen functional groups attached to an aromatic ring is 1. The van der Waals surface area contributed by atoms with E-state index in [2.05, 4.69) is 12.2 Å². The van der Waals surface area contributed by atoms with Crippen molar-refractivity contribution >= 4 is 11.5 Å². The Labute approximate surface area is 119 Å². The molecule has 6 nitrogen and oxygen atoms in total. The summed E-state index contributed by atoms with van der Waals surface area (Å²) < 4.78 is 2.60. The Balaban J connectivity index is 3.26. The van der Waals surface area contributed by atoms with Gasteiger partial charge in [0.2, 0.25) is 0 Å². The number of nitrogens with two attached hydrogens (primary N) is 1. The molecule has 3 N–H and O–H groups in total. The summed E-state index contributed by atoms with van der Waals surface area (Å²) in [6.45, 7) is 6.67. The minimum atomic E-state index is -0.358. The number of nitrogens with zero attached hydrogens (tertiary/aromatic N) is 2. The van der Waals surface area contributed by atoms with E-state index in [9.17, 15) is 9.59 Å². The first-order valence-electron chi connectivity index (χ1n) is 7.29. The largest absolute Gasteiger partial charge is 0.383 e. The lowest BCUT2D eigenvalue weighted by Crippen LogP contribution is -2.41. The summed E-state index contributed by atoms with van der Waals surface area (Å²) in [5.41, 5.74) is 5.65. The maximum Gasteiger partial charge on any atom is 0.332 e. The quantitative estimate of drug-likeness (QED) is 0.794. The summed E-state index contributed by atoms with van der Waals surface area (Å²) in [7, 11) is 1.49. The molecule has 0 aliphatic carbocycles. The molecular formula is C14H26N4O2. The SMILES string of the molecule is CCCCn1c(N)c(NC(C)CCC)c(=O)n(C)c1=O. The van der Waals surface area contributed by atoms with Crippen molar-refractivity contribution in [1.29, 1.82) is 0 Å². The van der Waals surface area contributed by atoms with Gasteiger partial charge in [0.25, 0.3) is 5.56 Å². The number of hydrogen-bond acceptors (Lipinski definition) is 4. The van der Waals surface area contributed by atoms with Gasteiger partial charge in [-0.25, -0.2) is 4.79 Å². The molecule has 0 saturated heterocycles. The van der Waals surface area contributed by atoms with Gasteiger partial charge in [0.1, 0.15) is 11.5 Å². The van der Waals surface area contributed by atoms with Crippen LogP contribution in [0.3, 0.4) is 0 Å². The van der Waals surface area contributed by atoms with Crippen LogP contribution in [0, 0.1) is 0 Å². The highest BCUT2D eigenvalue weighted by Gasteiger charge is 2.16. The predicted molar refractivity (Wildman–Crippen MR) is 83.3 cm³/mol. The lowest BCUT2D eigenvalue weighted by atomic mass is 10.2. The standard InChI is InChI=1S/C14H26N4O2/c1-5-7-9-18-12(15)11(16-10(3)8-6-2)13(19)17(4)14(18)20/h10,16H,5-9,15H2,1-4H3. The van der Waals surface area contributed by atoms with Crippen molar-refractivity contribution in [3.8, 4) is 0 Å². The number of hydrogen-bond donors (Lipinski definition) is 2. The van der Waals surface area contributed by atoms with E-state index >= 15 is 0 Å². The Hall–Kier alpha value is -1.72. The van der Waals surface area contributed by atoms with Crippen LogP contribution in [0.5, 0.6) is 0 Å². The van der Waals surface area contributed by atoms with Crippen molar-refractivity contribution in [2.75, 3.05) is 11.1 Å². The number of anilines is 2. The molecule has 6 heteroatoms. The van der Waals surface area contributed by atoms with Gasteiger partial charge in [-0.2, -0.15) is 0 Å². The normalized spacial score (nSPS) is 12.4. The molecule has 0 saturated carbocycles. The monoisotopic (exact) mass is 282 g/mol. The van der Waals surface area contributed by atoms with Crippen molar-refractivity contribution in [1.82, 2.24) is 9.13 Å². The zero-order chi connectivity index (χ0) is 15.3. The van der Waals surface area contributed by atoms with E-state index in [1.807, 2.05) is 13.8 Å². The molecule has 1 aromatic rings. The molecule has 1 unspecified atom stereocenters. The lowest BCUT2D eigenvalue weighted by molar-refractivity contribution is 0.573. The van der Waals surface area contributed by atoms with Crippen molar-refractivity contribution < 1.29 is 0 Å². The maximum absolute atomic E-state index is 12.2. The van der Waals surface area contributed by atoms with E-state index in [1.165, 1.54) is 11.6 Å². The first-order valence-corrected chi connectivity index (χ1v) is 7.29. The minimum absolute atomic E-state index is 0.145. The average Bonchev–Trinajstić information content (AvgIpc) is 2.42. The molecule has 20 heavy (non-hydrogen) atoms. The first kappa shape index (κ1) is 16.3. The van der Waals surface area contributed by atoms with Crippen LogP contribution in [-0.4, -0.2) is 15.2 Å². The third-order valence-electron chi connectivity index (χ3n) is 3.43. The molecule has 1 atom stereocenters. The van der Waals surface area contributed by atoms with Crippen molar-refractivity contribution in [3.05, 3.63) is 20.8 Å². The van der Waals surface area contributed by atoms with E-state index in [0.717, 1.165) is 30.3 Å². The van der Waals surface area contributed by atoms with Gasteiger partial charge in [-0.3, -0.25) is 13.9 Å². The molecule has 0 amide bonds. The van der Waals surface area contributed by atoms with E-state index in [1.54, 1.807) is 0 Å². The smallest absolute Gasteiger partial charge is 0.332 e. The predicted octanol–water partition coefficient (Wildman–Crippen LogP) is 1.53. The molecule has 0 aliphatic heterocycles. The number of rotatable bonds is 7. The van der Waals surface area contributed by atoms with Crippen molar-refractivity contribution in [2.24, 2.45) is 7.05 Å². The van der Waals surface area contributed by atoms with Crippen LogP contribution < -0.4 is 22.3 Å². The second-order valence-electron chi connectivity index (χ2n) is 5.25. The molecule has 0 bridgehead atoms. The summed E-state index contributed by atoms with van der Waals surface area (Å²) >= 11 is 0. The molecule has 0 aliphatic rings. The summed E-state index contributed by atoms with van der Waals surface area (Å²) in [4.78, 5) is 24.3. The molecular weight excluding hydrogens is 256 g/mol. The van der Waals surface area contributed by atoms with Crippen LogP contribution in [0.15, 0.2) is 9.59 Å². The van der Waals surface area contributed by atoms with Crippen LogP contribution in [0.1, 0.15) is 46.5 Å². The van der Waals surface area contributed by atoms with Gasteiger partial charge in [0.15, 0.2) is 0 Å². The van der Waals surface area contributed by atoms with Gasteiger partial charge in [0.05, 0.1) is 0 Å². The second-order valence-corrected chi connectivity index (χ2v) is 5.25. The topological polar surface area (TPSA) is 82.0 Å². The molecule has 0 spiro atoms. The lowest BCUT2D eigenvalue weighted by Gasteiger charge is -2.19. The van der Waals surface area contributed by atoms with Gasteiger partial charge >= 0.3 is 5.69 Å². The number of unbranched alkanes of at least 4 members (excludes halogenated alkanes) is 1. The van der Waals surface area contributed by atoms with E-state index in [-0.39, 0.29) is 23.1 Å². The Bertz CT molecular complexity index is 560. The summed E-state index contributed by atoms with van der Waals surface area (Å²) in [6, 6.07) is 0.145. The molecule has 1 aromatic heterocycles. The molecule has 0 radical (unpaired) electrons. The zero-order valence-electron chi connectivity index (χ0n) is 12.9. The molecule has 0 fully saturated rings. The highest BCUT2D eigenvalue weighted by atomic mass is 16.2. The van der Waals surface area contributed by atoms with E-state index < -0.39 is 0 Å². The summed E-state index contributed by atoms with van der Waals surface area (Å²) in [5, 5.41) is 3.15. The molecule has 1 heterocycles. The minimum Gasteiger partial charge on any atom is -0.383 e. The van der Waals surface area contributed by atoms with E-state index in [0.29, 0.717) is 12.2 Å². The third kappa shape index (κ3) is 3.43. The summed E-state index contributed by atoms with van der Waals surface area (Å²) in [5.74, 6) is 0.245. The second kappa shape index (κ2) is 7.17. The fourth-order valence-electron chi connectivity index (χ4n) is 2.20. The van der Waals surface area contributed by atoms with Gasteiger partial charge in [-0.1, -0.05) is 26.7 Å². The van der Waals surface area contributed by atoms with Crippen molar-refractivity contribution in [2.45, 2.75) is 59.0 Å². The Morgan fingerprint density at radius 1 is 1.25 bits per heavy atom. The van der Waals surface area contributed by atoms with Gasteiger partial charge in [0, 0.05) is 19.6 Å². The first-order chi connectivity index (χ1) is 9.43. The third-order valence-corrected chi connectivity index (χ3v) is 3.43. The van der Waals surface area contributed by atoms with Crippen LogP contribution in [-0.2, 0) is 13.6 Å². The fourth-order valence-corrected chi connectivity index (χ4v) is 2.20. The Morgan fingerprint density at radius 2 is 1.90 bits per heavy atom. The van der Waals surface area contributed by atoms with Crippen LogP contribution in [0.25, 0.3) is 0 Å². The fraction of sp³-hybridized carbons (Fsp3) is 0.714. The Morgan fingerprint density at radius 3 is 2.45 bits per heavy atom. The van der Waals surface area contributed by atoms with E-state index in [4.69, 9.17) is 5.73 Å². The number of nitrogens with one attached hydrogen (secondary N) is 1. The molecule has 1 rings (SSSR count). The van der Waals surface area contributed by atoms with Gasteiger partial charge in [-0.15, -0.1) is 0 Å². The van der Waals surface area contributed by atoms with Crippen LogP contribution >= 0.6 is 0 Å². The van der Waals surface area contributed by atoms with Gasteiger partial charge in [-0.05, 0) is 19.8 Å². The summed E-state index contributed by atoms with van der Waals surface area (Å²) in [6.07, 6.45) is 3.77. The highest BCUT2D eigenvalue weighted by Crippen LogP contribution is 2.14. The van der Waals surface area contributed by atoms with Gasteiger partial charge < -0.3 is 11.1 Å². The van der Waals surface area contributed by atoms with Crippen molar-refractivity contribution in [3.63, 3.8) is 0 Å². The van der Waals surface area contributed by atoms with Crippen LogP contribution in [0.2, 0.25) is 0 Å². The molecule has 114 valence electrons. The van der Waals surface area contributed by atoms with Crippen LogP contribution in [0.4, 0.5) is 11.5 Å². The Kier molecular flexibility index (Phi) is 5.85. The highest BCUT2D eigenvalue weighted by molar-refractivity contribution is 5.61.